The van der Waals surface area contributed by atoms with Gasteiger partial charge in [0.1, 0.15) is 6.54 Å². The molecule has 2 amide bonds. The summed E-state index contributed by atoms with van der Waals surface area (Å²) in [5.41, 5.74) is 0.916. The quantitative estimate of drug-likeness (QED) is 0.863. The van der Waals surface area contributed by atoms with Gasteiger partial charge in [0.25, 0.3) is 5.91 Å². The maximum absolute atomic E-state index is 12.6. The normalized spacial score (nSPS) is 12.0. The van der Waals surface area contributed by atoms with E-state index in [0.29, 0.717) is 10.0 Å². The number of aryl methyl sites for hydroxylation is 2. The molecule has 0 spiro atoms. The first-order chi connectivity index (χ1) is 10.9. The van der Waals surface area contributed by atoms with Gasteiger partial charge in [-0.2, -0.15) is 0 Å². The molecule has 5 nitrogen and oxygen atoms in total. The Morgan fingerprint density at radius 2 is 2.13 bits per heavy atom. The number of amides is 2. The van der Waals surface area contributed by atoms with Crippen molar-refractivity contribution in [1.82, 2.24) is 9.88 Å². The number of carbonyl (C=O) groups excluding carboxylic acids is 2. The largest absolute Gasteiger partial charge is 0.326 e. The van der Waals surface area contributed by atoms with E-state index < -0.39 is 0 Å². The molecule has 0 saturated heterocycles. The van der Waals surface area contributed by atoms with Crippen LogP contribution < -0.4 is 5.32 Å². The summed E-state index contributed by atoms with van der Waals surface area (Å²) in [6.45, 7) is 7.87. The number of nitrogens with zero attached hydrogens (tertiary/aromatic N) is 2. The van der Waals surface area contributed by atoms with E-state index in [9.17, 15) is 9.59 Å². The van der Waals surface area contributed by atoms with Gasteiger partial charge in [0, 0.05) is 10.9 Å². The number of thiophene rings is 1. The molecular formula is C16H21N3O2S2. The molecule has 0 aliphatic rings. The Hall–Kier alpha value is -1.73. The topological polar surface area (TPSA) is 62.3 Å². The Morgan fingerprint density at radius 3 is 2.65 bits per heavy atom. The molecule has 7 heteroatoms. The van der Waals surface area contributed by atoms with Crippen LogP contribution in [0.4, 0.5) is 5.13 Å². The zero-order valence-electron chi connectivity index (χ0n) is 13.8. The number of thiazole rings is 1. The van der Waals surface area contributed by atoms with Crippen molar-refractivity contribution in [1.29, 1.82) is 0 Å². The van der Waals surface area contributed by atoms with E-state index in [1.54, 1.807) is 11.0 Å². The molecule has 0 saturated carbocycles. The molecule has 0 unspecified atom stereocenters. The minimum absolute atomic E-state index is 0.00452. The fourth-order valence-corrected chi connectivity index (χ4v) is 3.54. The first-order valence-electron chi connectivity index (χ1n) is 7.50. The highest BCUT2D eigenvalue weighted by Gasteiger charge is 2.24. The third kappa shape index (κ3) is 4.39. The van der Waals surface area contributed by atoms with Gasteiger partial charge in [0.2, 0.25) is 5.91 Å². The number of anilines is 1. The Balaban J connectivity index is 2.08. The molecule has 23 heavy (non-hydrogen) atoms. The first-order valence-corrected chi connectivity index (χ1v) is 9.20. The van der Waals surface area contributed by atoms with Crippen LogP contribution in [-0.2, 0) is 4.79 Å². The van der Waals surface area contributed by atoms with Gasteiger partial charge in [0.15, 0.2) is 5.13 Å². The predicted molar refractivity (Wildman–Crippen MR) is 95.3 cm³/mol. The lowest BCUT2D eigenvalue weighted by atomic mass is 10.2. The summed E-state index contributed by atoms with van der Waals surface area (Å²) in [6, 6.07) is 3.62. The lowest BCUT2D eigenvalue weighted by molar-refractivity contribution is -0.117. The van der Waals surface area contributed by atoms with Gasteiger partial charge in [-0.3, -0.25) is 9.59 Å². The zero-order valence-corrected chi connectivity index (χ0v) is 15.4. The van der Waals surface area contributed by atoms with Crippen LogP contribution in [0.25, 0.3) is 0 Å². The van der Waals surface area contributed by atoms with Gasteiger partial charge < -0.3 is 10.2 Å². The minimum Gasteiger partial charge on any atom is -0.326 e. The minimum atomic E-state index is -0.219. The van der Waals surface area contributed by atoms with E-state index in [-0.39, 0.29) is 24.4 Å². The van der Waals surface area contributed by atoms with Crippen molar-refractivity contribution in [2.75, 3.05) is 11.9 Å². The number of rotatable bonds is 6. The molecular weight excluding hydrogens is 330 g/mol. The number of hydrogen-bond donors (Lipinski definition) is 1. The van der Waals surface area contributed by atoms with E-state index in [0.717, 1.165) is 17.0 Å². The highest BCUT2D eigenvalue weighted by Crippen LogP contribution is 2.21. The Labute approximate surface area is 144 Å². The summed E-state index contributed by atoms with van der Waals surface area (Å²) in [5, 5.41) is 5.24. The predicted octanol–water partition coefficient (Wildman–Crippen LogP) is 3.70. The van der Waals surface area contributed by atoms with Crippen molar-refractivity contribution in [2.24, 2.45) is 0 Å². The van der Waals surface area contributed by atoms with Gasteiger partial charge in [-0.1, -0.05) is 13.0 Å². The molecule has 0 aliphatic carbocycles. The molecule has 0 bridgehead atoms. The maximum atomic E-state index is 12.6. The highest BCUT2D eigenvalue weighted by atomic mass is 32.1. The Kier molecular flexibility index (Phi) is 5.90. The maximum Gasteiger partial charge on any atom is 0.264 e. The summed E-state index contributed by atoms with van der Waals surface area (Å²) in [5.74, 6) is -0.319. The number of carbonyl (C=O) groups is 2. The van der Waals surface area contributed by atoms with Gasteiger partial charge in [-0.15, -0.1) is 22.7 Å². The van der Waals surface area contributed by atoms with Crippen molar-refractivity contribution >= 4 is 39.6 Å². The van der Waals surface area contributed by atoms with Crippen molar-refractivity contribution in [3.05, 3.63) is 33.0 Å². The van der Waals surface area contributed by atoms with E-state index in [4.69, 9.17) is 0 Å². The Morgan fingerprint density at radius 1 is 1.39 bits per heavy atom. The van der Waals surface area contributed by atoms with Gasteiger partial charge in [-0.25, -0.2) is 4.98 Å². The number of hydrogen-bond acceptors (Lipinski definition) is 5. The van der Waals surface area contributed by atoms with Crippen LogP contribution in [0.2, 0.25) is 0 Å². The second kappa shape index (κ2) is 7.70. The number of nitrogens with one attached hydrogen (secondary N) is 1. The molecule has 0 radical (unpaired) electrons. The van der Waals surface area contributed by atoms with Gasteiger partial charge in [-0.05, 0) is 38.6 Å². The van der Waals surface area contributed by atoms with Crippen LogP contribution in [-0.4, -0.2) is 34.3 Å². The lowest BCUT2D eigenvalue weighted by Crippen LogP contribution is -2.43. The third-order valence-corrected chi connectivity index (χ3v) is 5.55. The lowest BCUT2D eigenvalue weighted by Gasteiger charge is -2.27. The fraction of sp³-hybridized carbons (Fsp3) is 0.438. The summed E-state index contributed by atoms with van der Waals surface area (Å²) in [4.78, 5) is 32.6. The van der Waals surface area contributed by atoms with Crippen molar-refractivity contribution in [2.45, 2.75) is 40.2 Å². The molecule has 0 aromatic carbocycles. The summed E-state index contributed by atoms with van der Waals surface area (Å²) < 4.78 is 0. The molecule has 0 fully saturated rings. The molecule has 2 rings (SSSR count). The number of aromatic nitrogens is 1. The van der Waals surface area contributed by atoms with Crippen LogP contribution in [0.1, 0.15) is 40.5 Å². The van der Waals surface area contributed by atoms with Crippen molar-refractivity contribution in [3.63, 3.8) is 0 Å². The Bertz CT molecular complexity index is 660. The SMILES string of the molecule is CC[C@@H](C)N(CC(=O)Nc1nc(C)c(C)s1)C(=O)c1cccs1. The average molecular weight is 351 g/mol. The van der Waals surface area contributed by atoms with Gasteiger partial charge >= 0.3 is 0 Å². The highest BCUT2D eigenvalue weighted by molar-refractivity contribution is 7.15. The fourth-order valence-electron chi connectivity index (χ4n) is 2.03. The molecule has 2 aromatic rings. The summed E-state index contributed by atoms with van der Waals surface area (Å²) in [7, 11) is 0. The second-order valence-electron chi connectivity index (χ2n) is 5.38. The van der Waals surface area contributed by atoms with Crippen LogP contribution in [0.15, 0.2) is 17.5 Å². The molecule has 2 aromatic heterocycles. The summed E-state index contributed by atoms with van der Waals surface area (Å²) in [6.07, 6.45) is 0.792. The monoisotopic (exact) mass is 351 g/mol. The first kappa shape index (κ1) is 17.6. The summed E-state index contributed by atoms with van der Waals surface area (Å²) >= 11 is 2.84. The van der Waals surface area contributed by atoms with Crippen LogP contribution >= 0.6 is 22.7 Å². The van der Waals surface area contributed by atoms with Crippen LogP contribution in [0, 0.1) is 13.8 Å². The molecule has 1 N–H and O–H groups in total. The smallest absolute Gasteiger partial charge is 0.264 e. The van der Waals surface area contributed by atoms with E-state index in [1.807, 2.05) is 39.1 Å². The van der Waals surface area contributed by atoms with Crippen LogP contribution in [0.5, 0.6) is 0 Å². The van der Waals surface area contributed by atoms with Crippen molar-refractivity contribution < 1.29 is 9.59 Å². The van der Waals surface area contributed by atoms with E-state index in [1.165, 1.54) is 22.7 Å². The van der Waals surface area contributed by atoms with Crippen molar-refractivity contribution in [3.8, 4) is 0 Å². The van der Waals surface area contributed by atoms with Crippen LogP contribution in [0.3, 0.4) is 0 Å². The average Bonchev–Trinajstić information content (AvgIpc) is 3.14. The third-order valence-electron chi connectivity index (χ3n) is 3.70. The standard InChI is InChI=1S/C16H21N3O2S2/c1-5-10(2)19(15(21)13-7-6-8-22-13)9-14(20)18-16-17-11(3)12(4)23-16/h6-8,10H,5,9H2,1-4H3,(H,17,18,20)/t10-/m1/s1. The van der Waals surface area contributed by atoms with E-state index >= 15 is 0 Å². The molecule has 2 heterocycles. The van der Waals surface area contributed by atoms with Gasteiger partial charge in [0.05, 0.1) is 10.6 Å². The molecule has 1 atom stereocenters. The molecule has 0 aliphatic heterocycles. The van der Waals surface area contributed by atoms with E-state index in [2.05, 4.69) is 10.3 Å². The molecule has 124 valence electrons. The zero-order chi connectivity index (χ0) is 17.0. The second-order valence-corrected chi connectivity index (χ2v) is 7.53.